The molecule has 1 fully saturated rings. The van der Waals surface area contributed by atoms with E-state index in [1.807, 2.05) is 24.3 Å². The maximum absolute atomic E-state index is 12.2. The van der Waals surface area contributed by atoms with Crippen molar-refractivity contribution in [2.45, 2.75) is 32.4 Å². The summed E-state index contributed by atoms with van der Waals surface area (Å²) in [7, 11) is 0. The minimum Gasteiger partial charge on any atom is -0.480 e. The summed E-state index contributed by atoms with van der Waals surface area (Å²) in [5.74, 6) is 1.11. The van der Waals surface area contributed by atoms with Gasteiger partial charge in [-0.05, 0) is 53.9 Å². The van der Waals surface area contributed by atoms with Crippen molar-refractivity contribution in [1.29, 1.82) is 0 Å². The van der Waals surface area contributed by atoms with Crippen molar-refractivity contribution in [3.8, 4) is 5.75 Å². The van der Waals surface area contributed by atoms with Gasteiger partial charge in [0, 0.05) is 12.6 Å². The lowest BCUT2D eigenvalue weighted by molar-refractivity contribution is -0.128. The van der Waals surface area contributed by atoms with E-state index in [1.165, 1.54) is 0 Å². The average Bonchev–Trinajstić information content (AvgIpc) is 2.43. The van der Waals surface area contributed by atoms with Crippen LogP contribution in [-0.4, -0.2) is 31.1 Å². The van der Waals surface area contributed by atoms with Crippen molar-refractivity contribution in [2.75, 3.05) is 13.1 Å². The number of para-hydroxylation sites is 1. The number of benzene rings is 1. The lowest BCUT2D eigenvalue weighted by atomic mass is 9.95. The van der Waals surface area contributed by atoms with E-state index in [-0.39, 0.29) is 24.4 Å². The molecule has 118 valence electrons. The van der Waals surface area contributed by atoms with Gasteiger partial charge in [0.15, 0.2) is 6.10 Å². The summed E-state index contributed by atoms with van der Waals surface area (Å²) in [6.45, 7) is 5.80. The number of carbonyl (C=O) groups is 1. The van der Waals surface area contributed by atoms with Gasteiger partial charge in [-0.3, -0.25) is 4.79 Å². The molecule has 0 radical (unpaired) electrons. The molecule has 6 heteroatoms. The smallest absolute Gasteiger partial charge is 0.261 e. The Morgan fingerprint density at radius 2 is 2.19 bits per heavy atom. The number of carbonyl (C=O) groups excluding carboxylic acids is 1. The van der Waals surface area contributed by atoms with Crippen molar-refractivity contribution in [1.82, 2.24) is 10.6 Å². The molecular formula is C15H22BrClN2O2. The van der Waals surface area contributed by atoms with Gasteiger partial charge in [0.25, 0.3) is 5.91 Å². The fourth-order valence-electron chi connectivity index (χ4n) is 2.27. The summed E-state index contributed by atoms with van der Waals surface area (Å²) in [4.78, 5) is 12.2. The molecule has 2 N–H and O–H groups in total. The zero-order valence-corrected chi connectivity index (χ0v) is 14.7. The van der Waals surface area contributed by atoms with Gasteiger partial charge in [0.2, 0.25) is 0 Å². The summed E-state index contributed by atoms with van der Waals surface area (Å²) in [5, 5.41) is 6.37. The number of piperidine rings is 1. The molecule has 0 spiro atoms. The summed E-state index contributed by atoms with van der Waals surface area (Å²) >= 11 is 3.42. The third kappa shape index (κ3) is 5.16. The van der Waals surface area contributed by atoms with Gasteiger partial charge in [-0.1, -0.05) is 19.1 Å². The van der Waals surface area contributed by atoms with Crippen LogP contribution in [0.25, 0.3) is 0 Å². The highest BCUT2D eigenvalue weighted by atomic mass is 79.9. The molecule has 3 atom stereocenters. The van der Waals surface area contributed by atoms with E-state index in [4.69, 9.17) is 4.74 Å². The normalized spacial score (nSPS) is 22.8. The number of ether oxygens (including phenoxy) is 1. The molecule has 0 bridgehead atoms. The minimum absolute atomic E-state index is 0. The molecule has 1 aromatic carbocycles. The van der Waals surface area contributed by atoms with Crippen LogP contribution in [0.1, 0.15) is 20.3 Å². The number of amides is 1. The van der Waals surface area contributed by atoms with Crippen molar-refractivity contribution in [3.05, 3.63) is 28.7 Å². The lowest BCUT2D eigenvalue weighted by Gasteiger charge is -2.31. The van der Waals surface area contributed by atoms with Crippen molar-refractivity contribution < 1.29 is 9.53 Å². The Balaban J connectivity index is 0.00000220. The monoisotopic (exact) mass is 376 g/mol. The lowest BCUT2D eigenvalue weighted by Crippen LogP contribution is -2.52. The van der Waals surface area contributed by atoms with Crippen LogP contribution < -0.4 is 15.4 Å². The molecule has 1 heterocycles. The fourth-order valence-corrected chi connectivity index (χ4v) is 2.65. The van der Waals surface area contributed by atoms with Crippen molar-refractivity contribution in [3.63, 3.8) is 0 Å². The van der Waals surface area contributed by atoms with E-state index in [0.29, 0.717) is 11.7 Å². The molecule has 1 amide bonds. The topological polar surface area (TPSA) is 50.4 Å². The van der Waals surface area contributed by atoms with E-state index in [1.54, 1.807) is 6.92 Å². The molecular weight excluding hydrogens is 356 g/mol. The van der Waals surface area contributed by atoms with Gasteiger partial charge < -0.3 is 15.4 Å². The van der Waals surface area contributed by atoms with Gasteiger partial charge in [-0.25, -0.2) is 0 Å². The third-order valence-electron chi connectivity index (χ3n) is 3.66. The highest BCUT2D eigenvalue weighted by molar-refractivity contribution is 9.10. The first kappa shape index (κ1) is 18.3. The maximum Gasteiger partial charge on any atom is 0.261 e. The average molecular weight is 378 g/mol. The molecule has 1 saturated heterocycles. The van der Waals surface area contributed by atoms with Crippen LogP contribution in [0.15, 0.2) is 28.7 Å². The van der Waals surface area contributed by atoms with Crippen molar-refractivity contribution >= 4 is 34.2 Å². The Kier molecular flexibility index (Phi) is 7.49. The van der Waals surface area contributed by atoms with E-state index < -0.39 is 6.10 Å². The van der Waals surface area contributed by atoms with Crippen LogP contribution in [0.5, 0.6) is 5.75 Å². The predicted octanol–water partition coefficient (Wildman–Crippen LogP) is 2.75. The van der Waals surface area contributed by atoms with Crippen LogP contribution >= 0.6 is 28.3 Å². The number of rotatable bonds is 4. The summed E-state index contributed by atoms with van der Waals surface area (Å²) in [6.07, 6.45) is 0.576. The van der Waals surface area contributed by atoms with Gasteiger partial charge in [0.05, 0.1) is 4.47 Å². The SMILES string of the molecule is CC(Oc1ccccc1Br)C(=O)NC1CNCCC1C.Cl. The Morgan fingerprint density at radius 3 is 2.86 bits per heavy atom. The maximum atomic E-state index is 12.2. The van der Waals surface area contributed by atoms with Crippen LogP contribution in [0, 0.1) is 5.92 Å². The standard InChI is InChI=1S/C15H21BrN2O2.ClH/c1-10-7-8-17-9-13(10)18-15(19)11(2)20-14-6-4-3-5-12(14)16;/h3-6,10-11,13,17H,7-9H2,1-2H3,(H,18,19);1H. The van der Waals surface area contributed by atoms with Crippen LogP contribution in [-0.2, 0) is 4.79 Å². The Bertz CT molecular complexity index is 473. The Morgan fingerprint density at radius 1 is 1.48 bits per heavy atom. The van der Waals surface area contributed by atoms with E-state index >= 15 is 0 Å². The second kappa shape index (κ2) is 8.61. The third-order valence-corrected chi connectivity index (χ3v) is 4.32. The molecule has 3 unspecified atom stereocenters. The second-order valence-electron chi connectivity index (χ2n) is 5.28. The van der Waals surface area contributed by atoms with Gasteiger partial charge >= 0.3 is 0 Å². The molecule has 4 nitrogen and oxygen atoms in total. The summed E-state index contributed by atoms with van der Waals surface area (Å²) in [6, 6.07) is 7.72. The molecule has 0 aromatic heterocycles. The number of hydrogen-bond acceptors (Lipinski definition) is 3. The Labute approximate surface area is 140 Å². The molecule has 1 aliphatic rings. The molecule has 21 heavy (non-hydrogen) atoms. The molecule has 2 rings (SSSR count). The second-order valence-corrected chi connectivity index (χ2v) is 6.13. The zero-order chi connectivity index (χ0) is 14.5. The zero-order valence-electron chi connectivity index (χ0n) is 12.3. The van der Waals surface area contributed by atoms with Crippen molar-refractivity contribution in [2.24, 2.45) is 5.92 Å². The van der Waals surface area contributed by atoms with E-state index in [2.05, 4.69) is 33.5 Å². The highest BCUT2D eigenvalue weighted by Gasteiger charge is 2.25. The number of nitrogens with one attached hydrogen (secondary N) is 2. The molecule has 0 saturated carbocycles. The quantitative estimate of drug-likeness (QED) is 0.848. The summed E-state index contributed by atoms with van der Waals surface area (Å²) < 4.78 is 6.56. The van der Waals surface area contributed by atoms with Crippen LogP contribution in [0.3, 0.4) is 0 Å². The van der Waals surface area contributed by atoms with Crippen LogP contribution in [0.2, 0.25) is 0 Å². The minimum atomic E-state index is -0.511. The number of hydrogen-bond donors (Lipinski definition) is 2. The number of halogens is 2. The van der Waals surface area contributed by atoms with Gasteiger partial charge in [0.1, 0.15) is 5.75 Å². The largest absolute Gasteiger partial charge is 0.480 e. The molecule has 0 aliphatic carbocycles. The first-order valence-electron chi connectivity index (χ1n) is 7.00. The first-order chi connectivity index (χ1) is 9.58. The van der Waals surface area contributed by atoms with E-state index in [9.17, 15) is 4.79 Å². The van der Waals surface area contributed by atoms with Gasteiger partial charge in [-0.2, -0.15) is 0 Å². The highest BCUT2D eigenvalue weighted by Crippen LogP contribution is 2.24. The summed E-state index contributed by atoms with van der Waals surface area (Å²) in [5.41, 5.74) is 0. The Hall–Kier alpha value is -0.780. The molecule has 1 aromatic rings. The van der Waals surface area contributed by atoms with E-state index in [0.717, 1.165) is 24.0 Å². The van der Waals surface area contributed by atoms with Gasteiger partial charge in [-0.15, -0.1) is 12.4 Å². The predicted molar refractivity (Wildman–Crippen MR) is 90.1 cm³/mol. The first-order valence-corrected chi connectivity index (χ1v) is 7.79. The molecule has 1 aliphatic heterocycles. The van der Waals surface area contributed by atoms with Crippen LogP contribution in [0.4, 0.5) is 0 Å². The fraction of sp³-hybridized carbons (Fsp3) is 0.533.